The highest BCUT2D eigenvalue weighted by Crippen LogP contribution is 2.39. The molecule has 1 saturated carbocycles. The number of aliphatic hydroxyl groups is 1. The van der Waals surface area contributed by atoms with Crippen LogP contribution < -0.4 is 16.4 Å². The third-order valence-electron chi connectivity index (χ3n) is 8.93. The summed E-state index contributed by atoms with van der Waals surface area (Å²) in [6, 6.07) is 8.81. The fourth-order valence-electron chi connectivity index (χ4n) is 5.99. The van der Waals surface area contributed by atoms with Gasteiger partial charge in [0.1, 0.15) is 0 Å². The molecule has 2 fully saturated rings. The van der Waals surface area contributed by atoms with E-state index in [9.17, 15) is 19.5 Å². The zero-order valence-electron chi connectivity index (χ0n) is 24.7. The number of piperidine rings is 1. The van der Waals surface area contributed by atoms with Crippen molar-refractivity contribution in [3.63, 3.8) is 0 Å². The monoisotopic (exact) mass is 542 g/mol. The van der Waals surface area contributed by atoms with E-state index in [0.29, 0.717) is 18.3 Å². The van der Waals surface area contributed by atoms with Crippen LogP contribution in [0.15, 0.2) is 30.3 Å². The van der Waals surface area contributed by atoms with Crippen LogP contribution in [0.4, 0.5) is 0 Å². The van der Waals surface area contributed by atoms with Crippen molar-refractivity contribution in [1.29, 1.82) is 0 Å². The molecule has 2 aliphatic rings. The van der Waals surface area contributed by atoms with Gasteiger partial charge in [0.2, 0.25) is 17.7 Å². The topological polar surface area (TPSA) is 125 Å². The second-order valence-electron chi connectivity index (χ2n) is 13.4. The van der Waals surface area contributed by atoms with Gasteiger partial charge in [0, 0.05) is 24.5 Å². The van der Waals surface area contributed by atoms with E-state index in [1.165, 1.54) is 12.8 Å². The van der Waals surface area contributed by atoms with Crippen molar-refractivity contribution in [2.75, 3.05) is 13.1 Å². The van der Waals surface area contributed by atoms with Crippen molar-refractivity contribution >= 4 is 17.7 Å². The van der Waals surface area contributed by atoms with Gasteiger partial charge < -0.3 is 21.5 Å². The summed E-state index contributed by atoms with van der Waals surface area (Å²) in [6.07, 6.45) is 5.02. The molecule has 1 heterocycles. The number of hydrogen-bond acceptors (Lipinski definition) is 5. The van der Waals surface area contributed by atoms with Gasteiger partial charge in [-0.2, -0.15) is 0 Å². The number of nitrogens with one attached hydrogen (secondary N) is 2. The van der Waals surface area contributed by atoms with Crippen LogP contribution >= 0.6 is 0 Å². The first-order valence-electron chi connectivity index (χ1n) is 14.6. The lowest BCUT2D eigenvalue weighted by Gasteiger charge is -2.47. The first kappa shape index (κ1) is 31.1. The Balaban J connectivity index is 1.82. The Bertz CT molecular complexity index is 990. The van der Waals surface area contributed by atoms with Crippen LogP contribution in [0.2, 0.25) is 0 Å². The number of β-amino-alcohol motifs (C(OH)–C–C–N with tert-alkyl or cyclic N) is 1. The number of hydrogen-bond donors (Lipinski definition) is 4. The maximum absolute atomic E-state index is 13.4. The number of aliphatic hydroxyl groups excluding tert-OH is 1. The standard InChI is InChI=1S/C31H50N4O4/c1-20(31(5,6)29(32)39)27(37)33-24(16-21-12-8-7-9-13-21)26(36)19-35-18-23-15-11-10-14-22(23)17-25(35)28(38)34-30(2,3)4/h7-9,12-13,20,22-26,36H,10-11,14-19H2,1-6H3,(H2,32,39)(H,33,37)(H,34,38)/t20-,22-,23+,24-,25-,26+/m0/s1. The zero-order chi connectivity index (χ0) is 29.0. The van der Waals surface area contributed by atoms with Gasteiger partial charge in [0.05, 0.1) is 23.6 Å². The van der Waals surface area contributed by atoms with Crippen molar-refractivity contribution in [1.82, 2.24) is 15.5 Å². The van der Waals surface area contributed by atoms with Gasteiger partial charge in [0.25, 0.3) is 0 Å². The molecule has 0 aromatic heterocycles. The Labute approximate surface area is 234 Å². The Hall–Kier alpha value is -2.45. The van der Waals surface area contributed by atoms with E-state index in [2.05, 4.69) is 15.5 Å². The number of carbonyl (C=O) groups excluding carboxylic acids is 3. The summed E-state index contributed by atoms with van der Waals surface area (Å²) < 4.78 is 0. The van der Waals surface area contributed by atoms with Crippen LogP contribution in [0.3, 0.4) is 0 Å². The van der Waals surface area contributed by atoms with Crippen molar-refractivity contribution < 1.29 is 19.5 Å². The Morgan fingerprint density at radius 3 is 2.26 bits per heavy atom. The summed E-state index contributed by atoms with van der Waals surface area (Å²) in [6.45, 7) is 12.0. The van der Waals surface area contributed by atoms with Gasteiger partial charge >= 0.3 is 0 Å². The zero-order valence-corrected chi connectivity index (χ0v) is 24.7. The molecular formula is C31H50N4O4. The van der Waals surface area contributed by atoms with Gasteiger partial charge in [-0.1, -0.05) is 70.4 Å². The molecular weight excluding hydrogens is 492 g/mol. The molecule has 1 aliphatic carbocycles. The third-order valence-corrected chi connectivity index (χ3v) is 8.93. The maximum atomic E-state index is 13.4. The summed E-state index contributed by atoms with van der Waals surface area (Å²) >= 11 is 0. The Morgan fingerprint density at radius 2 is 1.67 bits per heavy atom. The quantitative estimate of drug-likeness (QED) is 0.362. The lowest BCUT2D eigenvalue weighted by molar-refractivity contribution is -0.138. The average Bonchev–Trinajstić information content (AvgIpc) is 2.86. The summed E-state index contributed by atoms with van der Waals surface area (Å²) in [7, 11) is 0. The van der Waals surface area contributed by atoms with Crippen molar-refractivity contribution in [2.45, 2.75) is 104 Å². The van der Waals surface area contributed by atoms with E-state index in [1.54, 1.807) is 20.8 Å². The van der Waals surface area contributed by atoms with E-state index in [4.69, 9.17) is 5.73 Å². The predicted molar refractivity (Wildman–Crippen MR) is 154 cm³/mol. The van der Waals surface area contributed by atoms with Gasteiger partial charge in [-0.05, 0) is 57.4 Å². The van der Waals surface area contributed by atoms with E-state index in [0.717, 1.165) is 31.4 Å². The molecule has 0 spiro atoms. The molecule has 6 atom stereocenters. The number of fused-ring (bicyclic) bond motifs is 1. The van der Waals surface area contributed by atoms with E-state index in [1.807, 2.05) is 51.1 Å². The molecule has 3 amide bonds. The van der Waals surface area contributed by atoms with E-state index < -0.39 is 29.4 Å². The molecule has 8 heteroatoms. The summed E-state index contributed by atoms with van der Waals surface area (Å²) in [4.78, 5) is 40.9. The number of benzene rings is 1. The summed E-state index contributed by atoms with van der Waals surface area (Å²) in [5.74, 6) is -0.508. The van der Waals surface area contributed by atoms with Crippen LogP contribution in [0, 0.1) is 23.2 Å². The molecule has 0 unspecified atom stereocenters. The molecule has 218 valence electrons. The highest BCUT2D eigenvalue weighted by atomic mass is 16.3. The summed E-state index contributed by atoms with van der Waals surface area (Å²) in [5, 5.41) is 17.8. The third kappa shape index (κ3) is 8.27. The maximum Gasteiger partial charge on any atom is 0.237 e. The fourth-order valence-corrected chi connectivity index (χ4v) is 5.99. The minimum absolute atomic E-state index is 0.000742. The van der Waals surface area contributed by atoms with Crippen molar-refractivity contribution in [3.8, 4) is 0 Å². The van der Waals surface area contributed by atoms with Gasteiger partial charge in [-0.15, -0.1) is 0 Å². The second-order valence-corrected chi connectivity index (χ2v) is 13.4. The fraction of sp³-hybridized carbons (Fsp3) is 0.710. The van der Waals surface area contributed by atoms with Crippen LogP contribution in [-0.2, 0) is 20.8 Å². The number of likely N-dealkylation sites (tertiary alicyclic amines) is 1. The molecule has 1 aromatic rings. The van der Waals surface area contributed by atoms with Crippen molar-refractivity contribution in [3.05, 3.63) is 35.9 Å². The second kappa shape index (κ2) is 12.8. The molecule has 8 nitrogen and oxygen atoms in total. The van der Waals surface area contributed by atoms with E-state index in [-0.39, 0.29) is 29.9 Å². The molecule has 1 aliphatic heterocycles. The molecule has 39 heavy (non-hydrogen) atoms. The summed E-state index contributed by atoms with van der Waals surface area (Å²) in [5.41, 5.74) is 5.17. The first-order chi connectivity index (χ1) is 18.2. The van der Waals surface area contributed by atoms with Crippen LogP contribution in [0.25, 0.3) is 0 Å². The number of primary amides is 1. The minimum Gasteiger partial charge on any atom is -0.390 e. The number of rotatable bonds is 10. The predicted octanol–water partition coefficient (Wildman–Crippen LogP) is 3.02. The SMILES string of the molecule is C[C@@H](C(=O)N[C@@H](Cc1ccccc1)[C@H](O)CN1C[C@H]2CCCC[C@H]2C[C@H]1C(=O)NC(C)(C)C)C(C)(C)C(N)=O. The smallest absolute Gasteiger partial charge is 0.237 e. The molecule has 1 aromatic carbocycles. The molecule has 5 N–H and O–H groups in total. The van der Waals surface area contributed by atoms with Crippen LogP contribution in [0.5, 0.6) is 0 Å². The van der Waals surface area contributed by atoms with Crippen LogP contribution in [0.1, 0.15) is 79.2 Å². The lowest BCUT2D eigenvalue weighted by Crippen LogP contribution is -2.60. The molecule has 0 bridgehead atoms. The average molecular weight is 543 g/mol. The molecule has 0 radical (unpaired) electrons. The number of nitrogens with two attached hydrogens (primary N) is 1. The molecule has 1 saturated heterocycles. The highest BCUT2D eigenvalue weighted by molar-refractivity contribution is 5.89. The van der Waals surface area contributed by atoms with Crippen LogP contribution in [-0.4, -0.2) is 64.5 Å². The Kier molecular flexibility index (Phi) is 10.2. The highest BCUT2D eigenvalue weighted by Gasteiger charge is 2.42. The van der Waals surface area contributed by atoms with Gasteiger partial charge in [0.15, 0.2) is 0 Å². The van der Waals surface area contributed by atoms with E-state index >= 15 is 0 Å². The number of nitrogens with zero attached hydrogens (tertiary/aromatic N) is 1. The lowest BCUT2D eigenvalue weighted by atomic mass is 9.72. The minimum atomic E-state index is -1.04. The Morgan fingerprint density at radius 1 is 1.05 bits per heavy atom. The largest absolute Gasteiger partial charge is 0.390 e. The van der Waals surface area contributed by atoms with Gasteiger partial charge in [-0.25, -0.2) is 0 Å². The number of amides is 3. The van der Waals surface area contributed by atoms with Gasteiger partial charge in [-0.3, -0.25) is 19.3 Å². The first-order valence-corrected chi connectivity index (χ1v) is 14.6. The van der Waals surface area contributed by atoms with Crippen molar-refractivity contribution in [2.24, 2.45) is 28.9 Å². The number of carbonyl (C=O) groups is 3. The molecule has 3 rings (SSSR count). The normalized spacial score (nSPS) is 24.6.